The minimum absolute atomic E-state index is 0.0354. The van der Waals surface area contributed by atoms with Crippen LogP contribution in [0.3, 0.4) is 0 Å². The summed E-state index contributed by atoms with van der Waals surface area (Å²) < 4.78 is 19.6. The third-order valence-corrected chi connectivity index (χ3v) is 4.57. The highest BCUT2D eigenvalue weighted by molar-refractivity contribution is 5.95. The maximum absolute atomic E-state index is 14.2. The van der Waals surface area contributed by atoms with Crippen molar-refractivity contribution in [2.75, 3.05) is 6.61 Å². The van der Waals surface area contributed by atoms with E-state index in [4.69, 9.17) is 4.74 Å². The first-order chi connectivity index (χ1) is 11.5. The summed E-state index contributed by atoms with van der Waals surface area (Å²) in [6, 6.07) is 6.24. The zero-order chi connectivity index (χ0) is 17.7. The quantitative estimate of drug-likeness (QED) is 0.808. The molecule has 0 aromatic heterocycles. The SMILES string of the molecule is CCC(CC)COC(=O)C1=C(C)NC(=O)C[C@@H]1c1ccccc1F. The Morgan fingerprint density at radius 1 is 1.33 bits per heavy atom. The molecule has 0 spiro atoms. The molecule has 2 rings (SSSR count). The number of carbonyl (C=O) groups excluding carboxylic acids is 2. The number of esters is 1. The average molecular weight is 333 g/mol. The largest absolute Gasteiger partial charge is 0.462 e. The van der Waals surface area contributed by atoms with Gasteiger partial charge in [0.05, 0.1) is 12.2 Å². The Hall–Kier alpha value is -2.17. The zero-order valence-corrected chi connectivity index (χ0v) is 14.4. The highest BCUT2D eigenvalue weighted by Crippen LogP contribution is 2.34. The third kappa shape index (κ3) is 4.02. The van der Waals surface area contributed by atoms with Gasteiger partial charge >= 0.3 is 5.97 Å². The van der Waals surface area contributed by atoms with E-state index in [9.17, 15) is 14.0 Å². The Kier molecular flexibility index (Phi) is 6.12. The number of rotatable bonds is 6. The maximum atomic E-state index is 14.2. The van der Waals surface area contributed by atoms with Crippen molar-refractivity contribution in [2.24, 2.45) is 5.92 Å². The molecule has 1 N–H and O–H groups in total. The number of hydrogen-bond acceptors (Lipinski definition) is 3. The second-order valence-corrected chi connectivity index (χ2v) is 6.15. The van der Waals surface area contributed by atoms with E-state index in [2.05, 4.69) is 19.2 Å². The first-order valence-corrected chi connectivity index (χ1v) is 8.40. The fraction of sp³-hybridized carbons (Fsp3) is 0.474. The van der Waals surface area contributed by atoms with Crippen molar-refractivity contribution < 1.29 is 18.7 Å². The van der Waals surface area contributed by atoms with E-state index in [0.29, 0.717) is 29.4 Å². The fourth-order valence-corrected chi connectivity index (χ4v) is 2.99. The lowest BCUT2D eigenvalue weighted by atomic mass is 9.84. The topological polar surface area (TPSA) is 55.4 Å². The van der Waals surface area contributed by atoms with Gasteiger partial charge in [0.1, 0.15) is 5.82 Å². The lowest BCUT2D eigenvalue weighted by Gasteiger charge is -2.27. The second kappa shape index (κ2) is 8.08. The highest BCUT2D eigenvalue weighted by atomic mass is 19.1. The Morgan fingerprint density at radius 3 is 2.62 bits per heavy atom. The van der Waals surface area contributed by atoms with E-state index in [1.807, 2.05) is 0 Å². The van der Waals surface area contributed by atoms with E-state index >= 15 is 0 Å². The molecule has 5 heteroatoms. The Bertz CT molecular complexity index is 650. The first kappa shape index (κ1) is 18.2. The number of carbonyl (C=O) groups is 2. The number of nitrogens with one attached hydrogen (secondary N) is 1. The summed E-state index contributed by atoms with van der Waals surface area (Å²) in [5, 5.41) is 2.66. The molecule has 0 saturated carbocycles. The molecule has 0 unspecified atom stereocenters. The van der Waals surface area contributed by atoms with Crippen LogP contribution in [-0.2, 0) is 14.3 Å². The van der Waals surface area contributed by atoms with Gasteiger partial charge in [-0.1, -0.05) is 44.9 Å². The van der Waals surface area contributed by atoms with E-state index in [1.165, 1.54) is 6.07 Å². The molecule has 1 aliphatic heterocycles. The molecule has 1 heterocycles. The van der Waals surface area contributed by atoms with Gasteiger partial charge in [0.2, 0.25) is 5.91 Å². The zero-order valence-electron chi connectivity index (χ0n) is 14.4. The van der Waals surface area contributed by atoms with Crippen LogP contribution in [0, 0.1) is 11.7 Å². The summed E-state index contributed by atoms with van der Waals surface area (Å²) in [5.74, 6) is -1.44. The van der Waals surface area contributed by atoms with E-state index in [-0.39, 0.29) is 12.3 Å². The molecule has 130 valence electrons. The van der Waals surface area contributed by atoms with Gasteiger partial charge in [0, 0.05) is 18.0 Å². The molecular formula is C19H24FNO3. The summed E-state index contributed by atoms with van der Waals surface area (Å²) in [4.78, 5) is 24.5. The number of amides is 1. The summed E-state index contributed by atoms with van der Waals surface area (Å²) in [7, 11) is 0. The molecule has 0 aliphatic carbocycles. The Labute approximate surface area is 142 Å². The van der Waals surface area contributed by atoms with Crippen molar-refractivity contribution in [2.45, 2.75) is 46.0 Å². The van der Waals surface area contributed by atoms with Gasteiger partial charge in [-0.25, -0.2) is 9.18 Å². The number of hydrogen-bond donors (Lipinski definition) is 1. The maximum Gasteiger partial charge on any atom is 0.336 e. The van der Waals surface area contributed by atoms with Crippen LogP contribution in [0.25, 0.3) is 0 Å². The van der Waals surface area contributed by atoms with Crippen LogP contribution < -0.4 is 5.32 Å². The van der Waals surface area contributed by atoms with Crippen LogP contribution in [0.5, 0.6) is 0 Å². The van der Waals surface area contributed by atoms with Crippen molar-refractivity contribution in [3.05, 3.63) is 46.9 Å². The normalized spacial score (nSPS) is 17.9. The molecule has 0 fully saturated rings. The molecular weight excluding hydrogens is 309 g/mol. The monoisotopic (exact) mass is 333 g/mol. The lowest BCUT2D eigenvalue weighted by molar-refractivity contribution is -0.141. The first-order valence-electron chi connectivity index (χ1n) is 8.40. The Balaban J connectivity index is 2.29. The lowest BCUT2D eigenvalue weighted by Crippen LogP contribution is -2.34. The van der Waals surface area contributed by atoms with Gasteiger partial charge in [0.15, 0.2) is 0 Å². The molecule has 0 bridgehead atoms. The number of halogens is 1. The minimum Gasteiger partial charge on any atom is -0.462 e. The predicted octanol–water partition coefficient (Wildman–Crippen LogP) is 3.68. The van der Waals surface area contributed by atoms with E-state index < -0.39 is 17.7 Å². The standard InChI is InChI=1S/C19H24FNO3/c1-4-13(5-2)11-24-19(23)18-12(3)21-17(22)10-15(18)14-8-6-7-9-16(14)20/h6-9,13,15H,4-5,10-11H2,1-3H3,(H,21,22)/t15-/m1/s1. The van der Waals surface area contributed by atoms with Gasteiger partial charge in [-0.3, -0.25) is 4.79 Å². The summed E-state index contributed by atoms with van der Waals surface area (Å²) in [5.41, 5.74) is 1.13. The average Bonchev–Trinajstić information content (AvgIpc) is 2.55. The Morgan fingerprint density at radius 2 is 2.00 bits per heavy atom. The number of benzene rings is 1. The van der Waals surface area contributed by atoms with Gasteiger partial charge in [-0.2, -0.15) is 0 Å². The molecule has 4 nitrogen and oxygen atoms in total. The minimum atomic E-state index is -0.617. The van der Waals surface area contributed by atoms with Crippen LogP contribution in [0.2, 0.25) is 0 Å². The summed E-state index contributed by atoms with van der Waals surface area (Å²) in [6.45, 7) is 6.09. The molecule has 1 aliphatic rings. The molecule has 24 heavy (non-hydrogen) atoms. The van der Waals surface area contributed by atoms with Crippen molar-refractivity contribution in [1.29, 1.82) is 0 Å². The summed E-state index contributed by atoms with van der Waals surface area (Å²) in [6.07, 6.45) is 1.89. The van der Waals surface area contributed by atoms with Crippen LogP contribution in [0.1, 0.15) is 51.5 Å². The van der Waals surface area contributed by atoms with Crippen molar-refractivity contribution in [3.8, 4) is 0 Å². The van der Waals surface area contributed by atoms with Gasteiger partial charge in [0.25, 0.3) is 0 Å². The van der Waals surface area contributed by atoms with Crippen LogP contribution in [0.15, 0.2) is 35.5 Å². The van der Waals surface area contributed by atoms with E-state index in [0.717, 1.165) is 12.8 Å². The van der Waals surface area contributed by atoms with Crippen molar-refractivity contribution in [3.63, 3.8) is 0 Å². The highest BCUT2D eigenvalue weighted by Gasteiger charge is 2.34. The number of allylic oxidation sites excluding steroid dienone is 1. The molecule has 1 aromatic rings. The van der Waals surface area contributed by atoms with Crippen molar-refractivity contribution >= 4 is 11.9 Å². The fourth-order valence-electron chi connectivity index (χ4n) is 2.99. The second-order valence-electron chi connectivity index (χ2n) is 6.15. The van der Waals surface area contributed by atoms with Crippen LogP contribution in [0.4, 0.5) is 4.39 Å². The number of ether oxygens (including phenoxy) is 1. The van der Waals surface area contributed by atoms with Gasteiger partial charge in [-0.05, 0) is 24.5 Å². The molecule has 1 amide bonds. The van der Waals surface area contributed by atoms with Crippen LogP contribution >= 0.6 is 0 Å². The van der Waals surface area contributed by atoms with E-state index in [1.54, 1.807) is 25.1 Å². The predicted molar refractivity (Wildman–Crippen MR) is 89.6 cm³/mol. The third-order valence-electron chi connectivity index (χ3n) is 4.57. The van der Waals surface area contributed by atoms with Gasteiger partial charge in [-0.15, -0.1) is 0 Å². The summed E-state index contributed by atoms with van der Waals surface area (Å²) >= 11 is 0. The molecule has 0 saturated heterocycles. The molecule has 1 atom stereocenters. The molecule has 0 radical (unpaired) electrons. The van der Waals surface area contributed by atoms with Crippen molar-refractivity contribution in [1.82, 2.24) is 5.32 Å². The smallest absolute Gasteiger partial charge is 0.336 e. The van der Waals surface area contributed by atoms with Crippen LogP contribution in [-0.4, -0.2) is 18.5 Å². The van der Waals surface area contributed by atoms with Gasteiger partial charge < -0.3 is 10.1 Å². The molecule has 1 aromatic carbocycles.